The van der Waals surface area contributed by atoms with Crippen LogP contribution in [0.3, 0.4) is 0 Å². The fourth-order valence-corrected chi connectivity index (χ4v) is 2.35. The van der Waals surface area contributed by atoms with Gasteiger partial charge in [0.2, 0.25) is 5.88 Å². The van der Waals surface area contributed by atoms with Crippen LogP contribution in [0.25, 0.3) is 6.08 Å². The molecule has 0 aliphatic carbocycles. The highest BCUT2D eigenvalue weighted by molar-refractivity contribution is 6.55. The molecule has 0 bridgehead atoms. The van der Waals surface area contributed by atoms with Gasteiger partial charge in [-0.05, 0) is 51.8 Å². The molecule has 126 valence electrons. The maximum atomic E-state index is 6.12. The smallest absolute Gasteiger partial charge is 0.480 e. The molecular weight excluding hydrogens is 293 g/mol. The first kappa shape index (κ1) is 17.8. The Morgan fingerprint density at radius 2 is 1.96 bits per heavy atom. The summed E-state index contributed by atoms with van der Waals surface area (Å²) in [7, 11) is 3.03. The van der Waals surface area contributed by atoms with Crippen LogP contribution in [-0.2, 0) is 9.31 Å². The number of nitrogens with two attached hydrogens (primary N) is 1. The number of nitrogens with one attached hydrogen (secondary N) is 1. The van der Waals surface area contributed by atoms with Crippen molar-refractivity contribution in [3.05, 3.63) is 23.3 Å². The minimum atomic E-state index is -0.407. The quantitative estimate of drug-likeness (QED) is 0.807. The number of likely N-dealkylation sites (N-methyl/N-ethyl adjacent to an activating group) is 1. The molecule has 0 atom stereocenters. The van der Waals surface area contributed by atoms with Gasteiger partial charge >= 0.3 is 7.12 Å². The van der Waals surface area contributed by atoms with Crippen molar-refractivity contribution < 1.29 is 14.0 Å². The van der Waals surface area contributed by atoms with Crippen LogP contribution in [0.1, 0.15) is 33.3 Å². The summed E-state index contributed by atoms with van der Waals surface area (Å²) < 4.78 is 17.3. The van der Waals surface area contributed by atoms with E-state index in [9.17, 15) is 0 Å². The molecule has 2 heterocycles. The third-order valence-electron chi connectivity index (χ3n) is 4.38. The number of nitrogens with zero attached hydrogens (tertiary/aromatic N) is 1. The summed E-state index contributed by atoms with van der Waals surface area (Å²) in [5.41, 5.74) is 7.54. The molecule has 6 nitrogen and oxygen atoms in total. The molecule has 3 N–H and O–H groups in total. The Bertz CT molecular complexity index is 586. The summed E-state index contributed by atoms with van der Waals surface area (Å²) in [6.07, 6.45) is 3.71. The molecule has 0 spiro atoms. The molecule has 2 rings (SSSR count). The van der Waals surface area contributed by atoms with Crippen molar-refractivity contribution in [1.29, 1.82) is 0 Å². The van der Waals surface area contributed by atoms with E-state index in [0.717, 1.165) is 11.0 Å². The monoisotopic (exact) mass is 319 g/mol. The lowest BCUT2D eigenvalue weighted by atomic mass is 9.77. The van der Waals surface area contributed by atoms with Crippen molar-refractivity contribution in [2.24, 2.45) is 0 Å². The summed E-state index contributed by atoms with van der Waals surface area (Å²) in [6, 6.07) is 1.83. The van der Waals surface area contributed by atoms with Crippen LogP contribution in [-0.4, -0.2) is 44.0 Å². The highest BCUT2D eigenvalue weighted by atomic mass is 16.7. The lowest BCUT2D eigenvalue weighted by molar-refractivity contribution is 0.00578. The second-order valence-corrected chi connectivity index (χ2v) is 6.70. The number of methoxy groups -OCH3 is 1. The molecule has 1 fully saturated rings. The Hall–Kier alpha value is -1.57. The molecule has 23 heavy (non-hydrogen) atoms. The third kappa shape index (κ3) is 3.68. The van der Waals surface area contributed by atoms with Crippen molar-refractivity contribution in [3.8, 4) is 5.88 Å². The van der Waals surface area contributed by atoms with Gasteiger partial charge < -0.3 is 25.1 Å². The summed E-state index contributed by atoms with van der Waals surface area (Å²) in [5.74, 6) is 0.424. The Morgan fingerprint density at radius 3 is 2.43 bits per heavy atom. The molecule has 0 radical (unpaired) electrons. The fourth-order valence-electron chi connectivity index (χ4n) is 2.35. The van der Waals surface area contributed by atoms with Crippen LogP contribution in [0.5, 0.6) is 5.88 Å². The topological polar surface area (TPSA) is 78.6 Å². The Balaban J connectivity index is 2.30. The summed E-state index contributed by atoms with van der Waals surface area (Å²) in [5, 5.41) is 3.15. The Labute approximate surface area is 138 Å². The third-order valence-corrected chi connectivity index (χ3v) is 4.38. The number of pyridine rings is 1. The molecule has 0 saturated carbocycles. The maximum Gasteiger partial charge on any atom is 0.491 e. The number of aromatic nitrogens is 1. The van der Waals surface area contributed by atoms with Gasteiger partial charge in [0.1, 0.15) is 0 Å². The zero-order valence-electron chi connectivity index (χ0n) is 14.8. The molecule has 1 aromatic rings. The molecule has 1 aliphatic heterocycles. The van der Waals surface area contributed by atoms with Gasteiger partial charge in [-0.15, -0.1) is 0 Å². The van der Waals surface area contributed by atoms with E-state index in [0.29, 0.717) is 18.1 Å². The molecule has 0 aromatic carbocycles. The van der Waals surface area contributed by atoms with Gasteiger partial charge in [0.25, 0.3) is 0 Å². The van der Waals surface area contributed by atoms with Crippen LogP contribution >= 0.6 is 0 Å². The minimum Gasteiger partial charge on any atom is -0.480 e. The summed E-state index contributed by atoms with van der Waals surface area (Å²) >= 11 is 0. The summed E-state index contributed by atoms with van der Waals surface area (Å²) in [6.45, 7) is 8.80. The lowest BCUT2D eigenvalue weighted by Gasteiger charge is -2.32. The molecule has 1 aromatic heterocycles. The zero-order chi connectivity index (χ0) is 17.3. The highest BCUT2D eigenvalue weighted by Crippen LogP contribution is 2.38. The van der Waals surface area contributed by atoms with Gasteiger partial charge in [0.15, 0.2) is 0 Å². The van der Waals surface area contributed by atoms with Crippen molar-refractivity contribution in [2.75, 3.05) is 26.4 Å². The minimum absolute atomic E-state index is 0.373. The van der Waals surface area contributed by atoms with Crippen LogP contribution in [0.4, 0.5) is 5.69 Å². The molecule has 1 saturated heterocycles. The zero-order valence-corrected chi connectivity index (χ0v) is 14.8. The number of anilines is 1. The van der Waals surface area contributed by atoms with E-state index in [-0.39, 0.29) is 11.2 Å². The SMILES string of the molecule is CNCC(=Cc1cnc(OC)c(N)c1)B1OC(C)(C)C(C)(C)O1. The molecular formula is C16H26BN3O3. The van der Waals surface area contributed by atoms with Crippen molar-refractivity contribution in [2.45, 2.75) is 38.9 Å². The lowest BCUT2D eigenvalue weighted by Crippen LogP contribution is -2.41. The van der Waals surface area contributed by atoms with Gasteiger partial charge in [-0.3, -0.25) is 0 Å². The van der Waals surface area contributed by atoms with E-state index in [1.807, 2.05) is 46.9 Å². The van der Waals surface area contributed by atoms with Gasteiger partial charge in [0.05, 0.1) is 24.0 Å². The fraction of sp³-hybridized carbons (Fsp3) is 0.562. The van der Waals surface area contributed by atoms with Crippen LogP contribution in [0.15, 0.2) is 17.7 Å². The number of rotatable bonds is 5. The van der Waals surface area contributed by atoms with E-state index in [4.69, 9.17) is 19.8 Å². The largest absolute Gasteiger partial charge is 0.491 e. The Morgan fingerprint density at radius 1 is 1.35 bits per heavy atom. The first-order chi connectivity index (χ1) is 10.7. The Kier molecular flexibility index (Phi) is 5.03. The first-order valence-corrected chi connectivity index (χ1v) is 7.70. The number of nitrogen functional groups attached to an aromatic ring is 1. The van der Waals surface area contributed by atoms with Gasteiger partial charge in [-0.2, -0.15) is 0 Å². The predicted molar refractivity (Wildman–Crippen MR) is 93.2 cm³/mol. The van der Waals surface area contributed by atoms with Crippen molar-refractivity contribution in [1.82, 2.24) is 10.3 Å². The molecule has 7 heteroatoms. The maximum absolute atomic E-state index is 6.12. The average Bonchev–Trinajstić information content (AvgIpc) is 2.67. The van der Waals surface area contributed by atoms with Gasteiger partial charge in [-0.25, -0.2) is 4.98 Å². The van der Waals surface area contributed by atoms with Crippen LogP contribution in [0, 0.1) is 0 Å². The normalized spacial score (nSPS) is 19.9. The van der Waals surface area contributed by atoms with Crippen molar-refractivity contribution in [3.63, 3.8) is 0 Å². The second kappa shape index (κ2) is 6.51. The van der Waals surface area contributed by atoms with E-state index >= 15 is 0 Å². The standard InChI is InChI=1S/C16H26BN3O3/c1-15(2)16(3,4)23-17(22-15)12(10-19-5)7-11-8-13(18)14(21-6)20-9-11/h7-9,19H,10,18H2,1-6H3. The number of ether oxygens (including phenoxy) is 1. The van der Waals surface area contributed by atoms with E-state index in [1.54, 1.807) is 13.3 Å². The van der Waals surface area contributed by atoms with E-state index in [1.165, 1.54) is 0 Å². The highest BCUT2D eigenvalue weighted by Gasteiger charge is 2.52. The van der Waals surface area contributed by atoms with Crippen molar-refractivity contribution >= 4 is 18.9 Å². The first-order valence-electron chi connectivity index (χ1n) is 7.70. The van der Waals surface area contributed by atoms with E-state index in [2.05, 4.69) is 10.3 Å². The molecule has 1 aliphatic rings. The average molecular weight is 319 g/mol. The van der Waals surface area contributed by atoms with Gasteiger partial charge in [0, 0.05) is 12.7 Å². The summed E-state index contributed by atoms with van der Waals surface area (Å²) in [4.78, 5) is 4.20. The predicted octanol–water partition coefficient (Wildman–Crippen LogP) is 1.91. The molecule has 0 amide bonds. The second-order valence-electron chi connectivity index (χ2n) is 6.70. The van der Waals surface area contributed by atoms with Crippen LogP contribution in [0.2, 0.25) is 0 Å². The van der Waals surface area contributed by atoms with E-state index < -0.39 is 7.12 Å². The molecule has 0 unspecified atom stereocenters. The number of hydrogen-bond donors (Lipinski definition) is 2. The number of hydrogen-bond acceptors (Lipinski definition) is 6. The van der Waals surface area contributed by atoms with Crippen LogP contribution < -0.4 is 15.8 Å². The van der Waals surface area contributed by atoms with Gasteiger partial charge in [-0.1, -0.05) is 6.08 Å².